The molecule has 17 heavy (non-hydrogen) atoms. The third-order valence-corrected chi connectivity index (χ3v) is 3.45. The molecule has 2 nitrogen and oxygen atoms in total. The van der Waals surface area contributed by atoms with Crippen LogP contribution in [0, 0.1) is 26.7 Å². The van der Waals surface area contributed by atoms with Crippen molar-refractivity contribution in [2.24, 2.45) is 5.92 Å². The molecular formula is C15H20O2. The maximum atomic E-state index is 12.5. The minimum Gasteiger partial charge on any atom is -0.381 e. The number of carbonyl (C=O) groups excluding carboxylic acids is 1. The van der Waals surface area contributed by atoms with E-state index < -0.39 is 0 Å². The van der Waals surface area contributed by atoms with Crippen LogP contribution in [-0.2, 0) is 4.74 Å². The summed E-state index contributed by atoms with van der Waals surface area (Å²) in [5, 5.41) is 0. The average molecular weight is 232 g/mol. The van der Waals surface area contributed by atoms with Crippen molar-refractivity contribution in [3.63, 3.8) is 0 Å². The Morgan fingerprint density at radius 2 is 1.88 bits per heavy atom. The molecule has 0 spiro atoms. The molecule has 2 rings (SSSR count). The number of Topliss-reactive ketones (excluding diaryl/α,β-unsaturated/α-hetero) is 1. The van der Waals surface area contributed by atoms with Crippen molar-refractivity contribution in [2.75, 3.05) is 13.2 Å². The molecule has 1 unspecified atom stereocenters. The first kappa shape index (κ1) is 12.3. The fourth-order valence-electron chi connectivity index (χ4n) is 2.72. The second-order valence-electron chi connectivity index (χ2n) is 5.05. The maximum absolute atomic E-state index is 12.5. The Hall–Kier alpha value is -1.15. The molecule has 1 heterocycles. The topological polar surface area (TPSA) is 26.3 Å². The van der Waals surface area contributed by atoms with E-state index in [0.29, 0.717) is 6.61 Å². The minimum atomic E-state index is 0.0591. The second kappa shape index (κ2) is 5.01. The average Bonchev–Trinajstić information content (AvgIpc) is 2.28. The summed E-state index contributed by atoms with van der Waals surface area (Å²) >= 11 is 0. The van der Waals surface area contributed by atoms with E-state index in [0.717, 1.165) is 36.1 Å². The Kier molecular flexibility index (Phi) is 3.63. The van der Waals surface area contributed by atoms with Gasteiger partial charge in [-0.25, -0.2) is 0 Å². The monoisotopic (exact) mass is 232 g/mol. The molecule has 1 atom stereocenters. The van der Waals surface area contributed by atoms with Gasteiger partial charge < -0.3 is 4.74 Å². The van der Waals surface area contributed by atoms with Crippen LogP contribution in [-0.4, -0.2) is 19.0 Å². The summed E-state index contributed by atoms with van der Waals surface area (Å²) in [5.74, 6) is 0.323. The van der Waals surface area contributed by atoms with Crippen molar-refractivity contribution < 1.29 is 9.53 Å². The van der Waals surface area contributed by atoms with Crippen LogP contribution in [0.15, 0.2) is 12.1 Å². The fraction of sp³-hybridized carbons (Fsp3) is 0.533. The van der Waals surface area contributed by atoms with Crippen molar-refractivity contribution in [3.05, 3.63) is 34.4 Å². The summed E-state index contributed by atoms with van der Waals surface area (Å²) in [6, 6.07) is 4.17. The van der Waals surface area contributed by atoms with E-state index >= 15 is 0 Å². The number of carbonyl (C=O) groups is 1. The quantitative estimate of drug-likeness (QED) is 0.732. The highest BCUT2D eigenvalue weighted by molar-refractivity contribution is 6.00. The van der Waals surface area contributed by atoms with Gasteiger partial charge in [0, 0.05) is 18.1 Å². The van der Waals surface area contributed by atoms with Gasteiger partial charge in [0.15, 0.2) is 5.78 Å². The van der Waals surface area contributed by atoms with Gasteiger partial charge in [-0.05, 0) is 44.7 Å². The normalized spacial score (nSPS) is 20.3. The van der Waals surface area contributed by atoms with Gasteiger partial charge in [-0.15, -0.1) is 0 Å². The Morgan fingerprint density at radius 3 is 2.41 bits per heavy atom. The predicted octanol–water partition coefficient (Wildman–Crippen LogP) is 3.22. The number of ether oxygens (including phenoxy) is 1. The maximum Gasteiger partial charge on any atom is 0.168 e. The van der Waals surface area contributed by atoms with Gasteiger partial charge in [-0.1, -0.05) is 17.7 Å². The molecule has 1 fully saturated rings. The second-order valence-corrected chi connectivity index (χ2v) is 5.05. The summed E-state index contributed by atoms with van der Waals surface area (Å²) in [4.78, 5) is 12.5. The number of aryl methyl sites for hydroxylation is 3. The van der Waals surface area contributed by atoms with Gasteiger partial charge >= 0.3 is 0 Å². The van der Waals surface area contributed by atoms with E-state index in [1.54, 1.807) is 0 Å². The number of hydrogen-bond acceptors (Lipinski definition) is 2. The van der Waals surface area contributed by atoms with Crippen molar-refractivity contribution in [1.29, 1.82) is 0 Å². The van der Waals surface area contributed by atoms with Gasteiger partial charge in [0.25, 0.3) is 0 Å². The van der Waals surface area contributed by atoms with Crippen LogP contribution >= 0.6 is 0 Å². The van der Waals surface area contributed by atoms with Crippen molar-refractivity contribution in [2.45, 2.75) is 33.6 Å². The Bertz CT molecular complexity index is 406. The lowest BCUT2D eigenvalue weighted by atomic mass is 9.87. The highest BCUT2D eigenvalue weighted by Gasteiger charge is 2.25. The highest BCUT2D eigenvalue weighted by Crippen LogP contribution is 2.24. The van der Waals surface area contributed by atoms with E-state index in [1.807, 2.05) is 13.8 Å². The zero-order valence-electron chi connectivity index (χ0n) is 10.9. The third-order valence-electron chi connectivity index (χ3n) is 3.45. The SMILES string of the molecule is Cc1cc(C)c(C(=O)C2CCCOC2)c(C)c1. The molecule has 1 aromatic carbocycles. The molecule has 0 amide bonds. The molecule has 1 saturated heterocycles. The lowest BCUT2D eigenvalue weighted by molar-refractivity contribution is 0.0460. The summed E-state index contributed by atoms with van der Waals surface area (Å²) in [6.45, 7) is 7.51. The van der Waals surface area contributed by atoms with Crippen LogP contribution in [0.2, 0.25) is 0 Å². The Morgan fingerprint density at radius 1 is 1.24 bits per heavy atom. The van der Waals surface area contributed by atoms with E-state index in [2.05, 4.69) is 19.1 Å². The molecule has 0 bridgehead atoms. The lowest BCUT2D eigenvalue weighted by Gasteiger charge is -2.22. The first-order chi connectivity index (χ1) is 8.09. The van der Waals surface area contributed by atoms with Gasteiger partial charge in [0.2, 0.25) is 0 Å². The third kappa shape index (κ3) is 2.58. The molecule has 0 aromatic heterocycles. The van der Waals surface area contributed by atoms with Crippen LogP contribution in [0.3, 0.4) is 0 Å². The van der Waals surface area contributed by atoms with Crippen LogP contribution in [0.25, 0.3) is 0 Å². The van der Waals surface area contributed by atoms with Crippen molar-refractivity contribution in [3.8, 4) is 0 Å². The minimum absolute atomic E-state index is 0.0591. The molecule has 0 aliphatic carbocycles. The van der Waals surface area contributed by atoms with Crippen LogP contribution in [0.5, 0.6) is 0 Å². The zero-order valence-corrected chi connectivity index (χ0v) is 10.9. The Labute approximate surface area is 103 Å². The summed E-state index contributed by atoms with van der Waals surface area (Å²) in [6.07, 6.45) is 1.96. The summed E-state index contributed by atoms with van der Waals surface area (Å²) < 4.78 is 5.41. The largest absolute Gasteiger partial charge is 0.381 e. The number of rotatable bonds is 2. The predicted molar refractivity (Wildman–Crippen MR) is 68.5 cm³/mol. The van der Waals surface area contributed by atoms with E-state index in [9.17, 15) is 4.79 Å². The molecule has 92 valence electrons. The van der Waals surface area contributed by atoms with Crippen LogP contribution < -0.4 is 0 Å². The first-order valence-electron chi connectivity index (χ1n) is 6.29. The van der Waals surface area contributed by atoms with Gasteiger partial charge in [0.05, 0.1) is 6.61 Å². The fourth-order valence-corrected chi connectivity index (χ4v) is 2.72. The van der Waals surface area contributed by atoms with E-state index in [-0.39, 0.29) is 11.7 Å². The van der Waals surface area contributed by atoms with Crippen molar-refractivity contribution in [1.82, 2.24) is 0 Å². The van der Waals surface area contributed by atoms with Crippen LogP contribution in [0.1, 0.15) is 39.9 Å². The smallest absolute Gasteiger partial charge is 0.168 e. The van der Waals surface area contributed by atoms with Crippen molar-refractivity contribution >= 4 is 5.78 Å². The molecule has 0 radical (unpaired) electrons. The lowest BCUT2D eigenvalue weighted by Crippen LogP contribution is -2.26. The Balaban J connectivity index is 2.30. The molecular weight excluding hydrogens is 212 g/mol. The van der Waals surface area contributed by atoms with Gasteiger partial charge in [-0.2, -0.15) is 0 Å². The molecule has 0 N–H and O–H groups in total. The molecule has 1 aromatic rings. The zero-order chi connectivity index (χ0) is 12.4. The highest BCUT2D eigenvalue weighted by atomic mass is 16.5. The van der Waals surface area contributed by atoms with E-state index in [1.165, 1.54) is 5.56 Å². The molecule has 1 aliphatic rings. The molecule has 1 aliphatic heterocycles. The van der Waals surface area contributed by atoms with Gasteiger partial charge in [0.1, 0.15) is 0 Å². The van der Waals surface area contributed by atoms with Crippen LogP contribution in [0.4, 0.5) is 0 Å². The van der Waals surface area contributed by atoms with E-state index in [4.69, 9.17) is 4.74 Å². The number of benzene rings is 1. The summed E-state index contributed by atoms with van der Waals surface area (Å²) in [7, 11) is 0. The molecule has 2 heteroatoms. The molecule has 0 saturated carbocycles. The number of hydrogen-bond donors (Lipinski definition) is 0. The van der Waals surface area contributed by atoms with Gasteiger partial charge in [-0.3, -0.25) is 4.79 Å². The number of ketones is 1. The first-order valence-corrected chi connectivity index (χ1v) is 6.29. The standard InChI is InChI=1S/C15H20O2/c1-10-7-11(2)14(12(3)8-10)15(16)13-5-4-6-17-9-13/h7-8,13H,4-6,9H2,1-3H3. The summed E-state index contributed by atoms with van der Waals surface area (Å²) in [5.41, 5.74) is 4.32.